The molecule has 1 aliphatic rings. The highest BCUT2D eigenvalue weighted by Crippen LogP contribution is 2.06. The molecule has 0 aliphatic carbocycles. The number of rotatable bonds is 7. The fraction of sp³-hybridized carbons (Fsp3) is 1.00. The molecule has 0 unspecified atom stereocenters. The van der Waals surface area contributed by atoms with Gasteiger partial charge in [-0.1, -0.05) is 19.8 Å². The van der Waals surface area contributed by atoms with E-state index in [9.17, 15) is 0 Å². The maximum absolute atomic E-state index is 5.56. The second-order valence-electron chi connectivity index (χ2n) is 3.87. The maximum atomic E-state index is 5.56. The van der Waals surface area contributed by atoms with Crippen LogP contribution < -0.4 is 0 Å². The van der Waals surface area contributed by atoms with Gasteiger partial charge in [0.25, 0.3) is 0 Å². The van der Waals surface area contributed by atoms with Gasteiger partial charge in [0.2, 0.25) is 0 Å². The van der Waals surface area contributed by atoms with Gasteiger partial charge in [0.15, 0.2) is 0 Å². The third kappa shape index (κ3) is 5.27. The van der Waals surface area contributed by atoms with Crippen LogP contribution in [0.3, 0.4) is 0 Å². The molecular formula is C11H23NO. The van der Waals surface area contributed by atoms with Crippen LogP contribution in [0.4, 0.5) is 0 Å². The molecule has 0 aromatic rings. The molecule has 0 aromatic heterocycles. The van der Waals surface area contributed by atoms with E-state index in [1.54, 1.807) is 0 Å². The SMILES string of the molecule is CCCCCOCCN1CCCC1. The van der Waals surface area contributed by atoms with Crippen molar-refractivity contribution in [1.29, 1.82) is 0 Å². The van der Waals surface area contributed by atoms with Crippen LogP contribution in [0.1, 0.15) is 39.0 Å². The van der Waals surface area contributed by atoms with Gasteiger partial charge >= 0.3 is 0 Å². The summed E-state index contributed by atoms with van der Waals surface area (Å²) in [6.45, 7) is 7.85. The smallest absolute Gasteiger partial charge is 0.0593 e. The zero-order valence-corrected chi connectivity index (χ0v) is 8.93. The second kappa shape index (κ2) is 7.34. The fourth-order valence-corrected chi connectivity index (χ4v) is 1.76. The molecule has 13 heavy (non-hydrogen) atoms. The highest BCUT2D eigenvalue weighted by Gasteiger charge is 2.09. The molecule has 1 fully saturated rings. The van der Waals surface area contributed by atoms with Crippen molar-refractivity contribution in [2.45, 2.75) is 39.0 Å². The Morgan fingerprint density at radius 1 is 1.08 bits per heavy atom. The average molecular weight is 185 g/mol. The summed E-state index contributed by atoms with van der Waals surface area (Å²) in [6.07, 6.45) is 6.60. The van der Waals surface area contributed by atoms with Gasteiger partial charge in [-0.25, -0.2) is 0 Å². The first-order chi connectivity index (χ1) is 6.43. The standard InChI is InChI=1S/C11H23NO/c1-2-3-6-10-13-11-9-12-7-4-5-8-12/h2-11H2,1H3. The molecule has 78 valence electrons. The topological polar surface area (TPSA) is 12.5 Å². The Morgan fingerprint density at radius 3 is 2.54 bits per heavy atom. The van der Waals surface area contributed by atoms with Gasteiger partial charge in [0, 0.05) is 13.2 Å². The lowest BCUT2D eigenvalue weighted by atomic mass is 10.3. The van der Waals surface area contributed by atoms with Crippen LogP contribution in [-0.2, 0) is 4.74 Å². The van der Waals surface area contributed by atoms with Crippen LogP contribution in [0.5, 0.6) is 0 Å². The largest absolute Gasteiger partial charge is 0.380 e. The van der Waals surface area contributed by atoms with E-state index in [1.807, 2.05) is 0 Å². The summed E-state index contributed by atoms with van der Waals surface area (Å²) in [6, 6.07) is 0. The summed E-state index contributed by atoms with van der Waals surface area (Å²) in [7, 11) is 0. The lowest BCUT2D eigenvalue weighted by Crippen LogP contribution is -2.24. The first kappa shape index (κ1) is 11.0. The molecule has 0 atom stereocenters. The Hall–Kier alpha value is -0.0800. The lowest BCUT2D eigenvalue weighted by Gasteiger charge is -2.13. The zero-order valence-electron chi connectivity index (χ0n) is 8.93. The molecule has 1 heterocycles. The van der Waals surface area contributed by atoms with Crippen molar-refractivity contribution in [2.24, 2.45) is 0 Å². The van der Waals surface area contributed by atoms with Crippen LogP contribution in [-0.4, -0.2) is 37.7 Å². The Kier molecular flexibility index (Phi) is 6.21. The predicted molar refractivity (Wildman–Crippen MR) is 56.0 cm³/mol. The molecule has 1 aliphatic heterocycles. The van der Waals surface area contributed by atoms with Crippen LogP contribution in [0.2, 0.25) is 0 Å². The lowest BCUT2D eigenvalue weighted by molar-refractivity contribution is 0.108. The quantitative estimate of drug-likeness (QED) is 0.564. The molecule has 0 amide bonds. The van der Waals surface area contributed by atoms with Crippen molar-refractivity contribution in [3.05, 3.63) is 0 Å². The van der Waals surface area contributed by atoms with E-state index in [1.165, 1.54) is 45.2 Å². The van der Waals surface area contributed by atoms with Gasteiger partial charge in [0.1, 0.15) is 0 Å². The molecule has 0 bridgehead atoms. The van der Waals surface area contributed by atoms with E-state index in [-0.39, 0.29) is 0 Å². The van der Waals surface area contributed by atoms with Gasteiger partial charge in [-0.15, -0.1) is 0 Å². The monoisotopic (exact) mass is 185 g/mol. The van der Waals surface area contributed by atoms with E-state index < -0.39 is 0 Å². The number of unbranched alkanes of at least 4 members (excludes halogenated alkanes) is 2. The van der Waals surface area contributed by atoms with E-state index in [2.05, 4.69) is 11.8 Å². The summed E-state index contributed by atoms with van der Waals surface area (Å²) in [5, 5.41) is 0. The number of nitrogens with zero attached hydrogens (tertiary/aromatic N) is 1. The number of hydrogen-bond donors (Lipinski definition) is 0. The van der Waals surface area contributed by atoms with Crippen molar-refractivity contribution in [3.8, 4) is 0 Å². The normalized spacial score (nSPS) is 18.2. The van der Waals surface area contributed by atoms with Crippen molar-refractivity contribution in [2.75, 3.05) is 32.8 Å². The van der Waals surface area contributed by atoms with E-state index >= 15 is 0 Å². The van der Waals surface area contributed by atoms with E-state index in [0.717, 1.165) is 19.8 Å². The van der Waals surface area contributed by atoms with Crippen molar-refractivity contribution in [3.63, 3.8) is 0 Å². The summed E-state index contributed by atoms with van der Waals surface area (Å²) >= 11 is 0. The minimum atomic E-state index is 0.934. The second-order valence-corrected chi connectivity index (χ2v) is 3.87. The Morgan fingerprint density at radius 2 is 1.85 bits per heavy atom. The van der Waals surface area contributed by atoms with Gasteiger partial charge in [-0.3, -0.25) is 0 Å². The number of likely N-dealkylation sites (tertiary alicyclic amines) is 1. The molecule has 0 aromatic carbocycles. The average Bonchev–Trinajstić information content (AvgIpc) is 2.63. The molecule has 2 nitrogen and oxygen atoms in total. The van der Waals surface area contributed by atoms with Crippen LogP contribution in [0.15, 0.2) is 0 Å². The number of hydrogen-bond acceptors (Lipinski definition) is 2. The van der Waals surface area contributed by atoms with Gasteiger partial charge in [-0.05, 0) is 32.4 Å². The summed E-state index contributed by atoms with van der Waals surface area (Å²) < 4.78 is 5.56. The van der Waals surface area contributed by atoms with Crippen molar-refractivity contribution in [1.82, 2.24) is 4.90 Å². The first-order valence-corrected chi connectivity index (χ1v) is 5.73. The summed E-state index contributed by atoms with van der Waals surface area (Å²) in [5.74, 6) is 0. The molecule has 0 spiro atoms. The molecular weight excluding hydrogens is 162 g/mol. The Bertz CT molecular complexity index is 111. The van der Waals surface area contributed by atoms with Gasteiger partial charge in [-0.2, -0.15) is 0 Å². The molecule has 1 saturated heterocycles. The molecule has 2 heteroatoms. The predicted octanol–water partition coefficient (Wildman–Crippen LogP) is 2.29. The number of ether oxygens (including phenoxy) is 1. The summed E-state index contributed by atoms with van der Waals surface area (Å²) in [4.78, 5) is 2.50. The Balaban J connectivity index is 1.78. The first-order valence-electron chi connectivity index (χ1n) is 5.73. The van der Waals surface area contributed by atoms with Crippen molar-refractivity contribution >= 4 is 0 Å². The molecule has 0 saturated carbocycles. The fourth-order valence-electron chi connectivity index (χ4n) is 1.76. The summed E-state index contributed by atoms with van der Waals surface area (Å²) in [5.41, 5.74) is 0. The minimum Gasteiger partial charge on any atom is -0.380 e. The van der Waals surface area contributed by atoms with E-state index in [0.29, 0.717) is 0 Å². The van der Waals surface area contributed by atoms with Crippen LogP contribution in [0.25, 0.3) is 0 Å². The van der Waals surface area contributed by atoms with Crippen molar-refractivity contribution < 1.29 is 4.74 Å². The minimum absolute atomic E-state index is 0.934. The van der Waals surface area contributed by atoms with Crippen LogP contribution >= 0.6 is 0 Å². The third-order valence-corrected chi connectivity index (χ3v) is 2.64. The van der Waals surface area contributed by atoms with Crippen LogP contribution in [0, 0.1) is 0 Å². The Labute approximate surface area is 82.3 Å². The molecule has 0 N–H and O–H groups in total. The zero-order chi connectivity index (χ0) is 9.36. The highest BCUT2D eigenvalue weighted by atomic mass is 16.5. The van der Waals surface area contributed by atoms with Gasteiger partial charge in [0.05, 0.1) is 6.61 Å². The molecule has 0 radical (unpaired) electrons. The van der Waals surface area contributed by atoms with Gasteiger partial charge < -0.3 is 9.64 Å². The third-order valence-electron chi connectivity index (χ3n) is 2.64. The van der Waals surface area contributed by atoms with E-state index in [4.69, 9.17) is 4.74 Å². The molecule has 1 rings (SSSR count). The highest BCUT2D eigenvalue weighted by molar-refractivity contribution is 4.64. The maximum Gasteiger partial charge on any atom is 0.0593 e.